The Morgan fingerprint density at radius 1 is 1.32 bits per heavy atom. The molecule has 0 heterocycles. The van der Waals surface area contributed by atoms with Crippen LogP contribution in [0.5, 0.6) is 0 Å². The normalized spacial score (nSPS) is 23.1. The Bertz CT molecular complexity index is 456. The highest BCUT2D eigenvalue weighted by atomic mass is 16.1. The van der Waals surface area contributed by atoms with Gasteiger partial charge in [-0.1, -0.05) is 25.0 Å². The van der Waals surface area contributed by atoms with E-state index in [9.17, 15) is 4.79 Å². The van der Waals surface area contributed by atoms with Crippen LogP contribution in [0.2, 0.25) is 0 Å². The van der Waals surface area contributed by atoms with Crippen molar-refractivity contribution in [1.29, 1.82) is 0 Å². The first kappa shape index (κ1) is 14.1. The van der Waals surface area contributed by atoms with Gasteiger partial charge >= 0.3 is 0 Å². The molecule has 0 saturated heterocycles. The van der Waals surface area contributed by atoms with Gasteiger partial charge in [-0.2, -0.15) is 0 Å². The van der Waals surface area contributed by atoms with Crippen molar-refractivity contribution in [1.82, 2.24) is 0 Å². The maximum Gasteiger partial charge on any atom is 0.227 e. The zero-order valence-corrected chi connectivity index (χ0v) is 11.9. The van der Waals surface area contributed by atoms with Gasteiger partial charge in [-0.05, 0) is 56.3 Å². The molecule has 2 unspecified atom stereocenters. The van der Waals surface area contributed by atoms with Crippen LogP contribution in [0, 0.1) is 25.7 Å². The standard InChI is InChI=1S/C16H24N2O/c1-11-6-5-9-15(12(11)2)18-16(19)14-8-4-3-7-13(14)10-17/h5-6,9,13-14H,3-4,7-8,10,17H2,1-2H3,(H,18,19). The number of benzene rings is 1. The highest BCUT2D eigenvalue weighted by Gasteiger charge is 2.30. The highest BCUT2D eigenvalue weighted by molar-refractivity contribution is 5.93. The predicted molar refractivity (Wildman–Crippen MR) is 79.0 cm³/mol. The first-order valence-corrected chi connectivity index (χ1v) is 7.20. The van der Waals surface area contributed by atoms with Gasteiger partial charge in [-0.3, -0.25) is 4.79 Å². The number of rotatable bonds is 3. The molecule has 1 aliphatic carbocycles. The van der Waals surface area contributed by atoms with Gasteiger partial charge in [0.25, 0.3) is 0 Å². The van der Waals surface area contributed by atoms with Gasteiger partial charge in [0.1, 0.15) is 0 Å². The lowest BCUT2D eigenvalue weighted by Crippen LogP contribution is -2.35. The molecule has 19 heavy (non-hydrogen) atoms. The minimum absolute atomic E-state index is 0.0821. The Hall–Kier alpha value is -1.35. The molecule has 1 amide bonds. The summed E-state index contributed by atoms with van der Waals surface area (Å²) in [7, 11) is 0. The molecule has 2 atom stereocenters. The van der Waals surface area contributed by atoms with Gasteiger partial charge in [-0.25, -0.2) is 0 Å². The fraction of sp³-hybridized carbons (Fsp3) is 0.562. The molecule has 3 N–H and O–H groups in total. The summed E-state index contributed by atoms with van der Waals surface area (Å²) in [5.41, 5.74) is 9.09. The van der Waals surface area contributed by atoms with Gasteiger partial charge in [0.05, 0.1) is 0 Å². The Morgan fingerprint density at radius 2 is 2.05 bits per heavy atom. The quantitative estimate of drug-likeness (QED) is 0.877. The van der Waals surface area contributed by atoms with E-state index in [4.69, 9.17) is 5.73 Å². The van der Waals surface area contributed by atoms with Crippen LogP contribution in [-0.2, 0) is 4.79 Å². The largest absolute Gasteiger partial charge is 0.330 e. The number of aryl methyl sites for hydroxylation is 1. The monoisotopic (exact) mass is 260 g/mol. The minimum atomic E-state index is 0.0821. The topological polar surface area (TPSA) is 55.1 Å². The second-order valence-corrected chi connectivity index (χ2v) is 5.62. The summed E-state index contributed by atoms with van der Waals surface area (Å²) >= 11 is 0. The van der Waals surface area contributed by atoms with Crippen LogP contribution in [0.3, 0.4) is 0 Å². The first-order chi connectivity index (χ1) is 9.13. The van der Waals surface area contributed by atoms with Gasteiger partial charge in [0, 0.05) is 11.6 Å². The number of nitrogens with one attached hydrogen (secondary N) is 1. The molecule has 3 heteroatoms. The SMILES string of the molecule is Cc1cccc(NC(=O)C2CCCCC2CN)c1C. The molecule has 0 aromatic heterocycles. The fourth-order valence-electron chi connectivity index (χ4n) is 2.95. The Labute approximate surface area is 115 Å². The molecule has 1 aliphatic rings. The molecule has 1 saturated carbocycles. The third kappa shape index (κ3) is 3.16. The predicted octanol–water partition coefficient (Wildman–Crippen LogP) is 3.01. The Morgan fingerprint density at radius 3 is 2.79 bits per heavy atom. The highest BCUT2D eigenvalue weighted by Crippen LogP contribution is 2.30. The zero-order chi connectivity index (χ0) is 13.8. The van der Waals surface area contributed by atoms with Crippen LogP contribution in [0.15, 0.2) is 18.2 Å². The molecule has 1 fully saturated rings. The molecule has 3 nitrogen and oxygen atoms in total. The third-order valence-corrected chi connectivity index (χ3v) is 4.41. The third-order valence-electron chi connectivity index (χ3n) is 4.41. The van der Waals surface area contributed by atoms with Crippen molar-refractivity contribution in [2.24, 2.45) is 17.6 Å². The molecule has 1 aromatic carbocycles. The van der Waals surface area contributed by atoms with Crippen molar-refractivity contribution in [3.05, 3.63) is 29.3 Å². The van der Waals surface area contributed by atoms with E-state index in [0.717, 1.165) is 30.5 Å². The number of hydrogen-bond donors (Lipinski definition) is 2. The maximum absolute atomic E-state index is 12.4. The zero-order valence-electron chi connectivity index (χ0n) is 11.9. The molecular formula is C16H24N2O. The van der Waals surface area contributed by atoms with Crippen LogP contribution in [-0.4, -0.2) is 12.5 Å². The van der Waals surface area contributed by atoms with Crippen LogP contribution >= 0.6 is 0 Å². The first-order valence-electron chi connectivity index (χ1n) is 7.20. The molecular weight excluding hydrogens is 236 g/mol. The van der Waals surface area contributed by atoms with Crippen LogP contribution in [0.4, 0.5) is 5.69 Å². The van der Waals surface area contributed by atoms with Crippen LogP contribution < -0.4 is 11.1 Å². The van der Waals surface area contributed by atoms with E-state index < -0.39 is 0 Å². The molecule has 0 bridgehead atoms. The average Bonchev–Trinajstić information content (AvgIpc) is 2.43. The van der Waals surface area contributed by atoms with E-state index >= 15 is 0 Å². The van der Waals surface area contributed by atoms with Gasteiger partial charge in [0.15, 0.2) is 0 Å². The maximum atomic E-state index is 12.4. The molecule has 0 radical (unpaired) electrons. The lowest BCUT2D eigenvalue weighted by atomic mass is 9.78. The minimum Gasteiger partial charge on any atom is -0.330 e. The van der Waals surface area contributed by atoms with E-state index in [1.54, 1.807) is 0 Å². The summed E-state index contributed by atoms with van der Waals surface area (Å²) < 4.78 is 0. The number of hydrogen-bond acceptors (Lipinski definition) is 2. The lowest BCUT2D eigenvalue weighted by molar-refractivity contribution is -0.122. The summed E-state index contributed by atoms with van der Waals surface area (Å²) in [5.74, 6) is 0.571. The fourth-order valence-corrected chi connectivity index (χ4v) is 2.95. The van der Waals surface area contributed by atoms with Crippen molar-refractivity contribution < 1.29 is 4.79 Å². The van der Waals surface area contributed by atoms with Crippen molar-refractivity contribution in [2.75, 3.05) is 11.9 Å². The van der Waals surface area contributed by atoms with Gasteiger partial charge < -0.3 is 11.1 Å². The Kier molecular flexibility index (Phi) is 4.59. The van der Waals surface area contributed by atoms with Crippen molar-refractivity contribution in [3.63, 3.8) is 0 Å². The van der Waals surface area contributed by atoms with E-state index in [0.29, 0.717) is 12.5 Å². The Balaban J connectivity index is 2.09. The summed E-state index contributed by atoms with van der Waals surface area (Å²) in [5, 5.41) is 3.09. The van der Waals surface area contributed by atoms with E-state index in [1.165, 1.54) is 12.0 Å². The molecule has 0 aliphatic heterocycles. The molecule has 1 aromatic rings. The van der Waals surface area contributed by atoms with E-state index in [2.05, 4.69) is 18.3 Å². The second-order valence-electron chi connectivity index (χ2n) is 5.62. The van der Waals surface area contributed by atoms with Crippen molar-refractivity contribution >= 4 is 11.6 Å². The summed E-state index contributed by atoms with van der Waals surface area (Å²) in [4.78, 5) is 12.4. The van der Waals surface area contributed by atoms with Gasteiger partial charge in [0.2, 0.25) is 5.91 Å². The molecule has 2 rings (SSSR count). The number of amides is 1. The molecule has 104 valence electrons. The van der Waals surface area contributed by atoms with Crippen LogP contribution in [0.25, 0.3) is 0 Å². The summed E-state index contributed by atoms with van der Waals surface area (Å²) in [6.07, 6.45) is 4.40. The van der Waals surface area contributed by atoms with Crippen molar-refractivity contribution in [3.8, 4) is 0 Å². The lowest BCUT2D eigenvalue weighted by Gasteiger charge is -2.29. The summed E-state index contributed by atoms with van der Waals surface area (Å²) in [6.45, 7) is 4.73. The van der Waals surface area contributed by atoms with Crippen molar-refractivity contribution in [2.45, 2.75) is 39.5 Å². The molecule has 0 spiro atoms. The van der Waals surface area contributed by atoms with E-state index in [1.807, 2.05) is 19.1 Å². The number of anilines is 1. The number of carbonyl (C=O) groups excluding carboxylic acids is 1. The second kappa shape index (κ2) is 6.20. The summed E-state index contributed by atoms with van der Waals surface area (Å²) in [6, 6.07) is 6.02. The number of carbonyl (C=O) groups is 1. The van der Waals surface area contributed by atoms with E-state index in [-0.39, 0.29) is 11.8 Å². The average molecular weight is 260 g/mol. The smallest absolute Gasteiger partial charge is 0.227 e. The van der Waals surface area contributed by atoms with Crippen LogP contribution in [0.1, 0.15) is 36.8 Å². The van der Waals surface area contributed by atoms with Gasteiger partial charge in [-0.15, -0.1) is 0 Å². The number of nitrogens with two attached hydrogens (primary N) is 1.